The maximum atomic E-state index is 9.94. The Morgan fingerprint density at radius 2 is 2.33 bits per heavy atom. The second-order valence-corrected chi connectivity index (χ2v) is 4.88. The van der Waals surface area contributed by atoms with E-state index in [4.69, 9.17) is 4.74 Å². The van der Waals surface area contributed by atoms with Crippen molar-refractivity contribution in [1.82, 2.24) is 9.55 Å². The van der Waals surface area contributed by atoms with E-state index in [1.165, 1.54) is 7.11 Å². The minimum atomic E-state index is 0.151. The van der Waals surface area contributed by atoms with E-state index in [1.807, 2.05) is 24.7 Å². The zero-order valence-electron chi connectivity index (χ0n) is 10.6. The first-order chi connectivity index (χ1) is 8.61. The van der Waals surface area contributed by atoms with Gasteiger partial charge in [-0.05, 0) is 19.1 Å². The second-order valence-electron chi connectivity index (χ2n) is 3.94. The number of rotatable bonds is 4. The van der Waals surface area contributed by atoms with Gasteiger partial charge in [-0.25, -0.2) is 4.98 Å². The third-order valence-electron chi connectivity index (χ3n) is 2.53. The van der Waals surface area contributed by atoms with Crippen molar-refractivity contribution in [3.8, 4) is 11.5 Å². The number of imidazole rings is 1. The van der Waals surface area contributed by atoms with Crippen molar-refractivity contribution in [3.63, 3.8) is 0 Å². The zero-order chi connectivity index (χ0) is 13.1. The predicted octanol–water partition coefficient (Wildman–Crippen LogP) is 2.54. The van der Waals surface area contributed by atoms with Crippen LogP contribution in [0.1, 0.15) is 11.3 Å². The number of aromatic hydroxyl groups is 1. The normalized spacial score (nSPS) is 10.6. The lowest BCUT2D eigenvalue weighted by atomic mass is 10.2. The first-order valence-corrected chi connectivity index (χ1v) is 6.49. The minimum absolute atomic E-state index is 0.151. The van der Waals surface area contributed by atoms with E-state index in [-0.39, 0.29) is 5.75 Å². The van der Waals surface area contributed by atoms with E-state index < -0.39 is 0 Å². The number of nitrogens with zero attached hydrogens (tertiary/aromatic N) is 2. The van der Waals surface area contributed by atoms with Crippen molar-refractivity contribution in [2.24, 2.45) is 7.05 Å². The Bertz CT molecular complexity index is 552. The molecular weight excluding hydrogens is 248 g/mol. The van der Waals surface area contributed by atoms with Gasteiger partial charge in [0.15, 0.2) is 16.7 Å². The molecule has 1 aromatic heterocycles. The van der Waals surface area contributed by atoms with Gasteiger partial charge in [0.25, 0.3) is 0 Å². The van der Waals surface area contributed by atoms with Crippen molar-refractivity contribution >= 4 is 11.8 Å². The summed E-state index contributed by atoms with van der Waals surface area (Å²) in [5.74, 6) is 1.23. The highest BCUT2D eigenvalue weighted by molar-refractivity contribution is 7.98. The molecule has 5 heteroatoms. The van der Waals surface area contributed by atoms with Crippen LogP contribution >= 0.6 is 11.8 Å². The molecule has 95 valence electrons. The average Bonchev–Trinajstić information content (AvgIpc) is 2.66. The highest BCUT2D eigenvalue weighted by Crippen LogP contribution is 2.33. The monoisotopic (exact) mass is 263 g/mol. The van der Waals surface area contributed by atoms with Crippen LogP contribution < -0.4 is 4.74 Å². The van der Waals surface area contributed by atoms with E-state index in [9.17, 15) is 5.11 Å². The third kappa shape index (κ3) is 2.61. The topological polar surface area (TPSA) is 47.3 Å². The van der Waals surface area contributed by atoms with Gasteiger partial charge in [-0.3, -0.25) is 0 Å². The molecule has 0 aliphatic rings. The van der Waals surface area contributed by atoms with Crippen molar-refractivity contribution in [3.05, 3.63) is 35.7 Å². The average molecular weight is 263 g/mol. The number of thioether (sulfide) groups is 1. The SMILES string of the molecule is COc1cc[c]c(CSc2nc(C)cn2C)c1O. The van der Waals surface area contributed by atoms with Crippen LogP contribution in [0.4, 0.5) is 0 Å². The fraction of sp³-hybridized carbons (Fsp3) is 0.308. The fourth-order valence-corrected chi connectivity index (χ4v) is 2.61. The molecule has 0 aliphatic heterocycles. The summed E-state index contributed by atoms with van der Waals surface area (Å²) in [5, 5.41) is 10.9. The van der Waals surface area contributed by atoms with Crippen molar-refractivity contribution in [2.75, 3.05) is 7.11 Å². The number of phenols is 1. The number of aromatic nitrogens is 2. The molecule has 0 saturated carbocycles. The summed E-state index contributed by atoms with van der Waals surface area (Å²) in [6.07, 6.45) is 1.97. The Balaban J connectivity index is 2.13. The molecule has 1 aromatic carbocycles. The molecule has 1 heterocycles. The van der Waals surface area contributed by atoms with Crippen molar-refractivity contribution < 1.29 is 9.84 Å². The highest BCUT2D eigenvalue weighted by Gasteiger charge is 2.10. The van der Waals surface area contributed by atoms with Crippen molar-refractivity contribution in [2.45, 2.75) is 17.8 Å². The standard InChI is InChI=1S/C13H15N2O2S/c1-9-7-15(2)13(14-9)18-8-10-5-4-6-11(17-3)12(10)16/h4,6-7,16H,8H2,1-3H3. The Labute approximate surface area is 111 Å². The van der Waals surface area contributed by atoms with E-state index in [0.29, 0.717) is 11.5 Å². The van der Waals surface area contributed by atoms with E-state index in [1.54, 1.807) is 23.9 Å². The predicted molar refractivity (Wildman–Crippen MR) is 71.0 cm³/mol. The summed E-state index contributed by atoms with van der Waals surface area (Å²) in [6.45, 7) is 1.96. The third-order valence-corrected chi connectivity index (χ3v) is 3.60. The molecule has 0 spiro atoms. The maximum absolute atomic E-state index is 9.94. The van der Waals surface area contributed by atoms with Crippen LogP contribution in [0.3, 0.4) is 0 Å². The Hall–Kier alpha value is -1.62. The van der Waals surface area contributed by atoms with Gasteiger partial charge in [-0.15, -0.1) is 0 Å². The summed E-state index contributed by atoms with van der Waals surface area (Å²) in [5.41, 5.74) is 1.71. The van der Waals surface area contributed by atoms with Gasteiger partial charge in [0.05, 0.1) is 12.8 Å². The Morgan fingerprint density at radius 1 is 1.56 bits per heavy atom. The molecule has 0 unspecified atom stereocenters. The number of hydrogen-bond donors (Lipinski definition) is 1. The summed E-state index contributed by atoms with van der Waals surface area (Å²) >= 11 is 1.56. The molecule has 4 nitrogen and oxygen atoms in total. The molecule has 1 radical (unpaired) electrons. The lowest BCUT2D eigenvalue weighted by molar-refractivity contribution is 0.371. The molecule has 0 aliphatic carbocycles. The summed E-state index contributed by atoms with van der Waals surface area (Å²) in [6, 6.07) is 6.46. The Kier molecular flexibility index (Phi) is 3.81. The number of ether oxygens (including phenoxy) is 1. The van der Waals surface area contributed by atoms with E-state index in [0.717, 1.165) is 16.4 Å². The van der Waals surface area contributed by atoms with Gasteiger partial charge in [-0.1, -0.05) is 17.8 Å². The minimum Gasteiger partial charge on any atom is -0.504 e. The number of hydrogen-bond acceptors (Lipinski definition) is 4. The molecule has 0 bridgehead atoms. The maximum Gasteiger partial charge on any atom is 0.168 e. The molecule has 2 rings (SSSR count). The Morgan fingerprint density at radius 3 is 2.94 bits per heavy atom. The van der Waals surface area contributed by atoms with Crippen LogP contribution in [-0.2, 0) is 12.8 Å². The summed E-state index contributed by atoms with van der Waals surface area (Å²) in [4.78, 5) is 4.40. The smallest absolute Gasteiger partial charge is 0.168 e. The van der Waals surface area contributed by atoms with Gasteiger partial charge >= 0.3 is 0 Å². The second kappa shape index (κ2) is 5.35. The number of phenolic OH excluding ortho intramolecular Hbond substituents is 1. The molecule has 0 saturated heterocycles. The van der Waals surface area contributed by atoms with E-state index in [2.05, 4.69) is 11.1 Å². The van der Waals surface area contributed by atoms with E-state index >= 15 is 0 Å². The highest BCUT2D eigenvalue weighted by atomic mass is 32.2. The summed E-state index contributed by atoms with van der Waals surface area (Å²) in [7, 11) is 3.49. The van der Waals surface area contributed by atoms with Gasteiger partial charge in [0.2, 0.25) is 0 Å². The molecule has 0 fully saturated rings. The van der Waals surface area contributed by atoms with Crippen LogP contribution in [0.2, 0.25) is 0 Å². The molecule has 1 N–H and O–H groups in total. The van der Waals surface area contributed by atoms with Gasteiger partial charge < -0.3 is 14.4 Å². The van der Waals surface area contributed by atoms with Crippen LogP contribution in [0, 0.1) is 13.0 Å². The molecule has 18 heavy (non-hydrogen) atoms. The van der Waals surface area contributed by atoms with Crippen LogP contribution in [0.25, 0.3) is 0 Å². The molecule has 2 aromatic rings. The van der Waals surface area contributed by atoms with Gasteiger partial charge in [0.1, 0.15) is 0 Å². The summed E-state index contributed by atoms with van der Waals surface area (Å²) < 4.78 is 7.03. The van der Waals surface area contributed by atoms with Crippen LogP contribution in [0.5, 0.6) is 11.5 Å². The molecule has 0 amide bonds. The quantitative estimate of drug-likeness (QED) is 0.861. The fourth-order valence-electron chi connectivity index (χ4n) is 1.65. The van der Waals surface area contributed by atoms with Crippen molar-refractivity contribution in [1.29, 1.82) is 0 Å². The number of methoxy groups -OCH3 is 1. The largest absolute Gasteiger partial charge is 0.504 e. The van der Waals surface area contributed by atoms with Gasteiger partial charge in [0, 0.05) is 24.6 Å². The lowest BCUT2D eigenvalue weighted by Crippen LogP contribution is -1.91. The molecule has 0 atom stereocenters. The number of aryl methyl sites for hydroxylation is 2. The van der Waals surface area contributed by atoms with Crippen LogP contribution in [0.15, 0.2) is 23.5 Å². The first-order valence-electron chi connectivity index (χ1n) is 5.51. The molecular formula is C13H15N2O2S. The van der Waals surface area contributed by atoms with Crippen LogP contribution in [-0.4, -0.2) is 21.8 Å². The van der Waals surface area contributed by atoms with Gasteiger partial charge in [-0.2, -0.15) is 0 Å². The lowest BCUT2D eigenvalue weighted by Gasteiger charge is -2.07. The number of benzene rings is 1. The zero-order valence-corrected chi connectivity index (χ0v) is 11.4. The first kappa shape index (κ1) is 12.8.